The van der Waals surface area contributed by atoms with Crippen molar-refractivity contribution in [1.82, 2.24) is 0 Å². The van der Waals surface area contributed by atoms with Gasteiger partial charge in [-0.3, -0.25) is 0 Å². The molecule has 0 aliphatic carbocycles. The van der Waals surface area contributed by atoms with Crippen LogP contribution in [0.25, 0.3) is 0 Å². The summed E-state index contributed by atoms with van der Waals surface area (Å²) in [5, 5.41) is 10.2. The molecule has 2 heteroatoms. The van der Waals surface area contributed by atoms with Gasteiger partial charge in [0.2, 0.25) is 0 Å². The van der Waals surface area contributed by atoms with Crippen molar-refractivity contribution in [2.45, 2.75) is 148 Å². The van der Waals surface area contributed by atoms with Crippen molar-refractivity contribution >= 4 is 0 Å². The fraction of sp³-hybridized carbons (Fsp3) is 0.800. The Hall–Kier alpha value is -1.02. The zero-order valence-electron chi connectivity index (χ0n) is 21.2. The Balaban J connectivity index is 1.44. The topological polar surface area (TPSA) is 32.8 Å². The van der Waals surface area contributed by atoms with Crippen LogP contribution in [0.2, 0.25) is 0 Å². The van der Waals surface area contributed by atoms with E-state index >= 15 is 0 Å². The summed E-state index contributed by atoms with van der Waals surface area (Å²) in [6, 6.07) is 6.32. The van der Waals surface area contributed by atoms with Crippen LogP contribution in [0.3, 0.4) is 0 Å². The molecule has 1 atom stereocenters. The fourth-order valence-corrected chi connectivity index (χ4v) is 4.79. The number of hydrogen-bond acceptors (Lipinski definition) is 2. The van der Waals surface area contributed by atoms with Gasteiger partial charge in [-0.25, -0.2) is 0 Å². The largest absolute Gasteiger partial charge is 0.508 e. The maximum absolute atomic E-state index is 10.2. The van der Waals surface area contributed by atoms with Crippen LogP contribution in [-0.4, -0.2) is 17.8 Å². The summed E-state index contributed by atoms with van der Waals surface area (Å²) in [6.07, 6.45) is 28.6. The lowest BCUT2D eigenvalue weighted by Gasteiger charge is -2.09. The summed E-state index contributed by atoms with van der Waals surface area (Å²) >= 11 is 0. The van der Waals surface area contributed by atoms with Gasteiger partial charge in [-0.15, -0.1) is 0 Å². The minimum Gasteiger partial charge on any atom is -0.508 e. The second-order valence-electron chi connectivity index (χ2n) is 10.2. The van der Waals surface area contributed by atoms with Crippen LogP contribution in [0.4, 0.5) is 0 Å². The van der Waals surface area contributed by atoms with E-state index in [0.29, 0.717) is 11.9 Å². The summed E-state index contributed by atoms with van der Waals surface area (Å²) < 4.78 is 5.26. The van der Waals surface area contributed by atoms with Gasteiger partial charge >= 0.3 is 0 Å². The third-order valence-electron chi connectivity index (χ3n) is 7.09. The van der Waals surface area contributed by atoms with Crippen molar-refractivity contribution in [3.8, 4) is 5.75 Å². The molecule has 1 aromatic carbocycles. The first-order valence-electron chi connectivity index (χ1n) is 14.2. The van der Waals surface area contributed by atoms with E-state index in [1.165, 1.54) is 128 Å². The van der Waals surface area contributed by atoms with Crippen molar-refractivity contribution in [2.75, 3.05) is 6.61 Å². The van der Waals surface area contributed by atoms with Gasteiger partial charge in [0.15, 0.2) is 0 Å². The van der Waals surface area contributed by atoms with E-state index in [9.17, 15) is 5.11 Å². The second kappa shape index (κ2) is 18.4. The summed E-state index contributed by atoms with van der Waals surface area (Å²) in [7, 11) is 0. The number of hydrogen-bond donors (Lipinski definition) is 1. The summed E-state index contributed by atoms with van der Waals surface area (Å²) in [5.74, 6) is 0.497. The van der Waals surface area contributed by atoms with Gasteiger partial charge in [0.25, 0.3) is 0 Å². The second-order valence-corrected chi connectivity index (χ2v) is 10.2. The van der Waals surface area contributed by atoms with Crippen molar-refractivity contribution < 1.29 is 9.84 Å². The molecule has 184 valence electrons. The number of phenolic OH excluding ortho intramolecular Hbond substituents is 1. The average Bonchev–Trinajstić information content (AvgIpc) is 3.62. The molecule has 1 unspecified atom stereocenters. The molecule has 32 heavy (non-hydrogen) atoms. The van der Waals surface area contributed by atoms with E-state index in [2.05, 4.69) is 19.1 Å². The Labute approximate surface area is 199 Å². The molecule has 0 bridgehead atoms. The van der Waals surface area contributed by atoms with Crippen LogP contribution in [0, 0.1) is 0 Å². The summed E-state index contributed by atoms with van der Waals surface area (Å²) in [6.45, 7) is 3.30. The Kier molecular flexibility index (Phi) is 15.7. The highest BCUT2D eigenvalue weighted by Crippen LogP contribution is 2.23. The highest BCUT2D eigenvalue weighted by atomic mass is 16.6. The monoisotopic (exact) mass is 444 g/mol. The van der Waals surface area contributed by atoms with Crippen LogP contribution >= 0.6 is 0 Å². The van der Waals surface area contributed by atoms with Crippen LogP contribution < -0.4 is 0 Å². The number of unbranched alkanes of at least 4 members (excludes halogenated alkanes) is 16. The lowest BCUT2D eigenvalue weighted by molar-refractivity contribution is 0.387. The average molecular weight is 445 g/mol. The number of benzene rings is 1. The van der Waals surface area contributed by atoms with Gasteiger partial charge < -0.3 is 9.84 Å². The van der Waals surface area contributed by atoms with E-state index < -0.39 is 0 Å². The van der Waals surface area contributed by atoms with Crippen molar-refractivity contribution in [2.24, 2.45) is 0 Å². The quantitative estimate of drug-likeness (QED) is 0.143. The Bertz CT molecular complexity index is 564. The van der Waals surface area contributed by atoms with E-state index in [-0.39, 0.29) is 0 Å². The molecule has 1 aromatic rings. The van der Waals surface area contributed by atoms with Gasteiger partial charge in [-0.1, -0.05) is 122 Å². The molecule has 0 amide bonds. The van der Waals surface area contributed by atoms with Crippen LogP contribution in [0.1, 0.15) is 140 Å². The van der Waals surface area contributed by atoms with Crippen LogP contribution in [0.5, 0.6) is 5.75 Å². The molecule has 0 aromatic heterocycles. The first-order valence-corrected chi connectivity index (χ1v) is 14.2. The Morgan fingerprint density at radius 1 is 0.688 bits per heavy atom. The molecule has 1 fully saturated rings. The standard InChI is InChI=1S/C30H52O2/c1-2-3-4-5-6-7-8-11-14-17-20-27-23-24-30(31)28(25-27)21-18-15-12-9-10-13-16-19-22-29-26-32-29/h23-25,29,31H,2-22,26H2,1H3. The molecule has 1 heterocycles. The maximum atomic E-state index is 10.2. The number of aryl methyl sites for hydroxylation is 2. The van der Waals surface area contributed by atoms with Gasteiger partial charge in [-0.2, -0.15) is 0 Å². The van der Waals surface area contributed by atoms with Gasteiger partial charge in [0.1, 0.15) is 5.75 Å². The summed E-state index contributed by atoms with van der Waals surface area (Å²) in [5.41, 5.74) is 2.57. The molecule has 1 N–H and O–H groups in total. The lowest BCUT2D eigenvalue weighted by Crippen LogP contribution is -1.92. The number of phenols is 1. The van der Waals surface area contributed by atoms with E-state index in [0.717, 1.165) is 25.0 Å². The Morgan fingerprint density at radius 2 is 1.19 bits per heavy atom. The molecule has 2 nitrogen and oxygen atoms in total. The van der Waals surface area contributed by atoms with Crippen molar-refractivity contribution in [3.63, 3.8) is 0 Å². The Morgan fingerprint density at radius 3 is 1.75 bits per heavy atom. The third-order valence-corrected chi connectivity index (χ3v) is 7.09. The highest BCUT2D eigenvalue weighted by Gasteiger charge is 2.20. The first kappa shape index (κ1) is 27.2. The molecule has 1 aliphatic rings. The minimum atomic E-state index is 0.497. The van der Waals surface area contributed by atoms with E-state index in [1.807, 2.05) is 6.07 Å². The predicted octanol–water partition coefficient (Wildman–Crippen LogP) is 9.31. The SMILES string of the molecule is CCCCCCCCCCCCc1ccc(O)c(CCCCCCCCCCC2CO2)c1. The molecule has 0 spiro atoms. The minimum absolute atomic E-state index is 0.497. The van der Waals surface area contributed by atoms with E-state index in [1.54, 1.807) is 0 Å². The molecule has 1 aliphatic heterocycles. The van der Waals surface area contributed by atoms with Crippen LogP contribution in [-0.2, 0) is 17.6 Å². The number of rotatable bonds is 22. The van der Waals surface area contributed by atoms with Crippen molar-refractivity contribution in [3.05, 3.63) is 29.3 Å². The molecule has 1 saturated heterocycles. The molecule has 2 rings (SSSR count). The maximum Gasteiger partial charge on any atom is 0.118 e. The zero-order valence-corrected chi connectivity index (χ0v) is 21.2. The van der Waals surface area contributed by atoms with E-state index in [4.69, 9.17) is 4.74 Å². The normalized spacial score (nSPS) is 15.3. The number of ether oxygens (including phenoxy) is 1. The van der Waals surface area contributed by atoms with Gasteiger partial charge in [0.05, 0.1) is 12.7 Å². The zero-order chi connectivity index (χ0) is 22.7. The third kappa shape index (κ3) is 14.2. The van der Waals surface area contributed by atoms with Crippen LogP contribution in [0.15, 0.2) is 18.2 Å². The smallest absolute Gasteiger partial charge is 0.118 e. The van der Waals surface area contributed by atoms with Gasteiger partial charge in [0, 0.05) is 0 Å². The predicted molar refractivity (Wildman–Crippen MR) is 139 cm³/mol. The molecule has 0 saturated carbocycles. The number of aromatic hydroxyl groups is 1. The fourth-order valence-electron chi connectivity index (χ4n) is 4.79. The van der Waals surface area contributed by atoms with Gasteiger partial charge in [-0.05, 0) is 49.3 Å². The van der Waals surface area contributed by atoms with Crippen molar-refractivity contribution in [1.29, 1.82) is 0 Å². The lowest BCUT2D eigenvalue weighted by atomic mass is 9.99. The molecule has 0 radical (unpaired) electrons. The first-order chi connectivity index (χ1) is 15.8. The highest BCUT2D eigenvalue weighted by molar-refractivity contribution is 5.36. The summed E-state index contributed by atoms with van der Waals surface area (Å²) in [4.78, 5) is 0. The molecular weight excluding hydrogens is 392 g/mol. The number of epoxide rings is 1. The molecular formula is C30H52O2.